The highest BCUT2D eigenvalue weighted by Crippen LogP contribution is 2.25. The van der Waals surface area contributed by atoms with Crippen LogP contribution in [0.5, 0.6) is 5.75 Å². The Morgan fingerprint density at radius 1 is 1.41 bits per heavy atom. The number of benzene rings is 1. The molecule has 0 radical (unpaired) electrons. The molecule has 88 valence electrons. The van der Waals surface area contributed by atoms with E-state index < -0.39 is 0 Å². The van der Waals surface area contributed by atoms with Gasteiger partial charge >= 0.3 is 0 Å². The quantitative estimate of drug-likeness (QED) is 0.759. The molecule has 4 nitrogen and oxygen atoms in total. The summed E-state index contributed by atoms with van der Waals surface area (Å²) in [7, 11) is 3.44. The van der Waals surface area contributed by atoms with Crippen molar-refractivity contribution in [1.29, 1.82) is 0 Å². The van der Waals surface area contributed by atoms with Crippen LogP contribution in [0.15, 0.2) is 24.3 Å². The van der Waals surface area contributed by atoms with E-state index in [-0.39, 0.29) is 0 Å². The van der Waals surface area contributed by atoms with Crippen LogP contribution >= 0.6 is 0 Å². The van der Waals surface area contributed by atoms with Gasteiger partial charge in [-0.05, 0) is 19.1 Å². The molecule has 0 bridgehead atoms. The van der Waals surface area contributed by atoms with Gasteiger partial charge in [-0.15, -0.1) is 0 Å². The zero-order chi connectivity index (χ0) is 12.4. The first kappa shape index (κ1) is 11.4. The molecule has 2 aromatic rings. The fraction of sp³-hybridized carbons (Fsp3) is 0.231. The second-order valence-corrected chi connectivity index (χ2v) is 3.80. The molecule has 0 N–H and O–H groups in total. The molecular formula is C13H14N2O2. The predicted octanol–water partition coefficient (Wildman–Crippen LogP) is 2.22. The minimum atomic E-state index is 0.579. The highest BCUT2D eigenvalue weighted by atomic mass is 16.5. The largest absolute Gasteiger partial charge is 0.497 e. The Morgan fingerprint density at radius 2 is 2.18 bits per heavy atom. The summed E-state index contributed by atoms with van der Waals surface area (Å²) in [6, 6.07) is 7.53. The number of imidazole rings is 1. The molecule has 0 unspecified atom stereocenters. The normalized spacial score (nSPS) is 10.3. The van der Waals surface area contributed by atoms with Gasteiger partial charge < -0.3 is 9.30 Å². The van der Waals surface area contributed by atoms with Crippen molar-refractivity contribution in [1.82, 2.24) is 9.55 Å². The second kappa shape index (κ2) is 4.41. The van der Waals surface area contributed by atoms with E-state index in [1.165, 1.54) is 0 Å². The predicted molar refractivity (Wildman–Crippen MR) is 65.3 cm³/mol. The number of carbonyl (C=O) groups is 1. The Labute approximate surface area is 99.9 Å². The van der Waals surface area contributed by atoms with Crippen molar-refractivity contribution in [3.63, 3.8) is 0 Å². The molecule has 0 fully saturated rings. The first-order valence-corrected chi connectivity index (χ1v) is 5.30. The standard InChI is InChI=1S/C13H14N2O2/c1-9-14-13(12(8-16)15(9)2)10-5-4-6-11(7-10)17-3/h4-8H,1-3H3. The number of carbonyl (C=O) groups excluding carboxylic acids is 1. The fourth-order valence-electron chi connectivity index (χ4n) is 1.74. The van der Waals surface area contributed by atoms with Gasteiger partial charge in [0.15, 0.2) is 6.29 Å². The number of nitrogens with zero attached hydrogens (tertiary/aromatic N) is 2. The number of hydrogen-bond acceptors (Lipinski definition) is 3. The third kappa shape index (κ3) is 1.93. The van der Waals surface area contributed by atoms with E-state index in [0.29, 0.717) is 11.4 Å². The molecule has 0 aliphatic rings. The molecular weight excluding hydrogens is 216 g/mol. The highest BCUT2D eigenvalue weighted by Gasteiger charge is 2.13. The molecule has 0 saturated carbocycles. The third-order valence-electron chi connectivity index (χ3n) is 2.82. The first-order valence-electron chi connectivity index (χ1n) is 5.30. The zero-order valence-corrected chi connectivity index (χ0v) is 10.1. The molecule has 0 amide bonds. The lowest BCUT2D eigenvalue weighted by molar-refractivity contribution is 0.111. The van der Waals surface area contributed by atoms with Gasteiger partial charge in [0.25, 0.3) is 0 Å². The summed E-state index contributed by atoms with van der Waals surface area (Å²) >= 11 is 0. The molecule has 0 aliphatic heterocycles. The molecule has 1 aromatic carbocycles. The average molecular weight is 230 g/mol. The van der Waals surface area contributed by atoms with Crippen LogP contribution in [-0.4, -0.2) is 22.9 Å². The van der Waals surface area contributed by atoms with Gasteiger partial charge in [0.2, 0.25) is 0 Å². The average Bonchev–Trinajstić information content (AvgIpc) is 2.65. The van der Waals surface area contributed by atoms with E-state index in [9.17, 15) is 4.79 Å². The second-order valence-electron chi connectivity index (χ2n) is 3.80. The smallest absolute Gasteiger partial charge is 0.168 e. The lowest BCUT2D eigenvalue weighted by Gasteiger charge is -2.03. The van der Waals surface area contributed by atoms with Crippen molar-refractivity contribution in [3.05, 3.63) is 35.8 Å². The molecule has 1 aromatic heterocycles. The minimum Gasteiger partial charge on any atom is -0.497 e. The topological polar surface area (TPSA) is 44.1 Å². The lowest BCUT2D eigenvalue weighted by atomic mass is 10.1. The maximum absolute atomic E-state index is 11.1. The van der Waals surface area contributed by atoms with Crippen molar-refractivity contribution in [2.24, 2.45) is 7.05 Å². The maximum Gasteiger partial charge on any atom is 0.168 e. The number of ether oxygens (including phenoxy) is 1. The van der Waals surface area contributed by atoms with Gasteiger partial charge in [0.05, 0.1) is 12.8 Å². The Hall–Kier alpha value is -2.10. The van der Waals surface area contributed by atoms with Crippen molar-refractivity contribution in [3.8, 4) is 17.0 Å². The third-order valence-corrected chi connectivity index (χ3v) is 2.82. The van der Waals surface area contributed by atoms with Crippen LogP contribution in [0.1, 0.15) is 16.3 Å². The van der Waals surface area contributed by atoms with E-state index in [1.54, 1.807) is 11.7 Å². The summed E-state index contributed by atoms with van der Waals surface area (Å²) < 4.78 is 6.94. The van der Waals surface area contributed by atoms with Crippen molar-refractivity contribution < 1.29 is 9.53 Å². The maximum atomic E-state index is 11.1. The van der Waals surface area contributed by atoms with Gasteiger partial charge in [0, 0.05) is 12.6 Å². The van der Waals surface area contributed by atoms with Crippen molar-refractivity contribution in [2.75, 3.05) is 7.11 Å². The van der Waals surface area contributed by atoms with Crippen LogP contribution in [0, 0.1) is 6.92 Å². The summed E-state index contributed by atoms with van der Waals surface area (Å²) in [6.45, 7) is 1.87. The Balaban J connectivity index is 2.59. The minimum absolute atomic E-state index is 0.579. The molecule has 17 heavy (non-hydrogen) atoms. The number of rotatable bonds is 3. The summed E-state index contributed by atoms with van der Waals surface area (Å²) in [6.07, 6.45) is 0.828. The summed E-state index contributed by atoms with van der Waals surface area (Å²) in [4.78, 5) is 15.5. The number of aldehydes is 1. The number of aryl methyl sites for hydroxylation is 1. The van der Waals surface area contributed by atoms with Gasteiger partial charge in [-0.3, -0.25) is 4.79 Å². The van der Waals surface area contributed by atoms with Crippen molar-refractivity contribution in [2.45, 2.75) is 6.92 Å². The fourth-order valence-corrected chi connectivity index (χ4v) is 1.74. The van der Waals surface area contributed by atoms with Gasteiger partial charge in [-0.25, -0.2) is 4.98 Å². The highest BCUT2D eigenvalue weighted by molar-refractivity contribution is 5.84. The summed E-state index contributed by atoms with van der Waals surface area (Å²) in [5.41, 5.74) is 2.16. The Kier molecular flexibility index (Phi) is 2.95. The lowest BCUT2D eigenvalue weighted by Crippen LogP contribution is -1.97. The van der Waals surface area contributed by atoms with Gasteiger partial charge in [-0.1, -0.05) is 12.1 Å². The van der Waals surface area contributed by atoms with Crippen LogP contribution in [-0.2, 0) is 7.05 Å². The van der Waals surface area contributed by atoms with E-state index in [4.69, 9.17) is 4.74 Å². The number of aromatic nitrogens is 2. The number of hydrogen-bond donors (Lipinski definition) is 0. The zero-order valence-electron chi connectivity index (χ0n) is 10.1. The van der Waals surface area contributed by atoms with E-state index in [2.05, 4.69) is 4.98 Å². The van der Waals surface area contributed by atoms with Crippen LogP contribution in [0.25, 0.3) is 11.3 Å². The van der Waals surface area contributed by atoms with Crippen LogP contribution in [0.4, 0.5) is 0 Å². The van der Waals surface area contributed by atoms with Crippen LogP contribution < -0.4 is 4.74 Å². The molecule has 2 rings (SSSR count). The molecule has 1 heterocycles. The first-order chi connectivity index (χ1) is 8.17. The van der Waals surface area contributed by atoms with Crippen LogP contribution in [0.2, 0.25) is 0 Å². The van der Waals surface area contributed by atoms with E-state index in [1.807, 2.05) is 38.2 Å². The monoisotopic (exact) mass is 230 g/mol. The Bertz CT molecular complexity index is 559. The molecule has 4 heteroatoms. The number of methoxy groups -OCH3 is 1. The molecule has 0 saturated heterocycles. The molecule has 0 spiro atoms. The van der Waals surface area contributed by atoms with E-state index >= 15 is 0 Å². The molecule has 0 aliphatic carbocycles. The van der Waals surface area contributed by atoms with Crippen molar-refractivity contribution >= 4 is 6.29 Å². The summed E-state index contributed by atoms with van der Waals surface area (Å²) in [5.74, 6) is 1.56. The van der Waals surface area contributed by atoms with E-state index in [0.717, 1.165) is 23.4 Å². The summed E-state index contributed by atoms with van der Waals surface area (Å²) in [5, 5.41) is 0. The van der Waals surface area contributed by atoms with Gasteiger partial charge in [0.1, 0.15) is 17.3 Å². The molecule has 0 atom stereocenters. The van der Waals surface area contributed by atoms with Crippen LogP contribution in [0.3, 0.4) is 0 Å². The van der Waals surface area contributed by atoms with Gasteiger partial charge in [-0.2, -0.15) is 0 Å². The SMILES string of the molecule is COc1cccc(-c2nc(C)n(C)c2C=O)c1. The Morgan fingerprint density at radius 3 is 2.82 bits per heavy atom.